The standard InChI is InChI=1S/C26H75O16Si14/c1-24-27-43-30-56(31-44-28-25-2,32-45-29-26-3)42-55(22,23)41-54(20,21)40-53(18,19)39-52(16,17)38-51(14,15)37-50(12,13)36-49(10,11)35-48(8,9)34-47(6,7)33-46(4)5/h24-26H2,1-23H3. The molecule has 0 atom stereocenters. The van der Waals surface area contributed by atoms with E-state index in [1.165, 1.54) is 0 Å². The molecule has 0 spiro atoms. The highest BCUT2D eigenvalue weighted by molar-refractivity contribution is 6.93. The Balaban J connectivity index is 5.81. The Morgan fingerprint density at radius 1 is 0.321 bits per heavy atom. The van der Waals surface area contributed by atoms with Crippen LogP contribution in [-0.4, -0.2) is 145 Å². The zero-order valence-corrected chi connectivity index (χ0v) is 52.7. The van der Waals surface area contributed by atoms with Crippen LogP contribution in [0, 0.1) is 0 Å². The summed E-state index contributed by atoms with van der Waals surface area (Å²) in [6.07, 6.45) is 0. The van der Waals surface area contributed by atoms with Crippen LogP contribution in [-0.2, 0) is 66.8 Å². The molecule has 0 amide bonds. The quantitative estimate of drug-likeness (QED) is 0.0507. The van der Waals surface area contributed by atoms with E-state index in [1.807, 2.05) is 99.3 Å². The Labute approximate surface area is 361 Å². The van der Waals surface area contributed by atoms with Gasteiger partial charge in [-0.15, -0.1) is 0 Å². The molecule has 0 aliphatic rings. The Kier molecular flexibility index (Phi) is 24.9. The second-order valence-corrected chi connectivity index (χ2v) is 56.9. The van der Waals surface area contributed by atoms with Crippen LogP contribution in [0.5, 0.6) is 0 Å². The molecule has 0 saturated heterocycles. The van der Waals surface area contributed by atoms with Crippen LogP contribution in [0.25, 0.3) is 0 Å². The Morgan fingerprint density at radius 2 is 0.518 bits per heavy atom. The molecule has 0 saturated carbocycles. The number of rotatable bonds is 32. The molecule has 16 nitrogen and oxygen atoms in total. The maximum absolute atomic E-state index is 6.81. The zero-order chi connectivity index (χ0) is 44.1. The Hall–Kier alpha value is 2.40. The van der Waals surface area contributed by atoms with Crippen molar-refractivity contribution in [3.8, 4) is 0 Å². The van der Waals surface area contributed by atoms with Gasteiger partial charge in [-0.2, -0.15) is 0 Å². The maximum Gasteiger partial charge on any atom is 0.643 e. The summed E-state index contributed by atoms with van der Waals surface area (Å²) in [5.74, 6) is 0. The molecule has 0 aromatic rings. The van der Waals surface area contributed by atoms with E-state index in [9.17, 15) is 0 Å². The first-order valence-electron chi connectivity index (χ1n) is 18.9. The fraction of sp³-hybridized carbons (Fsp3) is 1.00. The van der Waals surface area contributed by atoms with Gasteiger partial charge in [-0.05, 0) is 152 Å². The minimum Gasteiger partial charge on any atom is -0.437 e. The molecule has 0 heterocycles. The first-order valence-corrected chi connectivity index (χ1v) is 50.7. The lowest BCUT2D eigenvalue weighted by Crippen LogP contribution is -2.63. The molecule has 0 fully saturated rings. The summed E-state index contributed by atoms with van der Waals surface area (Å²) in [5.41, 5.74) is 0. The summed E-state index contributed by atoms with van der Waals surface area (Å²) in [7, 11) is -30.5. The summed E-state index contributed by atoms with van der Waals surface area (Å²) in [4.78, 5) is 0. The zero-order valence-electron chi connectivity index (χ0n) is 38.7. The van der Waals surface area contributed by atoms with Gasteiger partial charge >= 0.3 is 116 Å². The summed E-state index contributed by atoms with van der Waals surface area (Å²) >= 11 is 0. The van der Waals surface area contributed by atoms with Gasteiger partial charge < -0.3 is 66.8 Å². The molecule has 0 bridgehead atoms. The first kappa shape index (κ1) is 58.4. The highest BCUT2D eigenvalue weighted by atomic mass is 28.5. The molecular formula is C26H75O16Si14. The van der Waals surface area contributed by atoms with Crippen molar-refractivity contribution in [2.24, 2.45) is 0 Å². The molecule has 30 heteroatoms. The van der Waals surface area contributed by atoms with Gasteiger partial charge in [0.1, 0.15) is 0 Å². The molecule has 0 N–H and O–H groups in total. The van der Waals surface area contributed by atoms with E-state index in [0.717, 1.165) is 0 Å². The van der Waals surface area contributed by atoms with Crippen molar-refractivity contribution in [3.05, 3.63) is 0 Å². The van der Waals surface area contributed by atoms with Gasteiger partial charge in [0.05, 0.1) is 0 Å². The average molecular weight is 1040 g/mol. The lowest BCUT2D eigenvalue weighted by atomic mass is 10.9. The molecule has 0 aromatic carbocycles. The van der Waals surface area contributed by atoms with Crippen LogP contribution in [0.3, 0.4) is 0 Å². The molecule has 0 aromatic heterocycles. The molecule has 0 rings (SSSR count). The van der Waals surface area contributed by atoms with Crippen molar-refractivity contribution in [2.75, 3.05) is 19.8 Å². The Bertz CT molecular complexity index is 1110. The van der Waals surface area contributed by atoms with Crippen molar-refractivity contribution in [3.63, 3.8) is 0 Å². The largest absolute Gasteiger partial charge is 0.643 e. The molecular weight excluding hydrogens is 961 g/mol. The normalized spacial score (nSPS) is 15.0. The summed E-state index contributed by atoms with van der Waals surface area (Å²) in [6, 6.07) is 0. The van der Waals surface area contributed by atoms with Gasteiger partial charge in [-0.1, -0.05) is 0 Å². The van der Waals surface area contributed by atoms with Gasteiger partial charge in [0.2, 0.25) is 0 Å². The van der Waals surface area contributed by atoms with E-state index in [0.29, 0.717) is 19.8 Å². The molecule has 0 aliphatic heterocycles. The topological polar surface area (TPSA) is 148 Å². The van der Waals surface area contributed by atoms with E-state index in [2.05, 4.69) is 52.4 Å². The second-order valence-electron chi connectivity index (χ2n) is 16.9. The first-order chi connectivity index (χ1) is 25.0. The van der Waals surface area contributed by atoms with Crippen molar-refractivity contribution < 1.29 is 66.8 Å². The third-order valence-electron chi connectivity index (χ3n) is 5.86. The van der Waals surface area contributed by atoms with Gasteiger partial charge in [0.25, 0.3) is 0 Å². The lowest BCUT2D eigenvalue weighted by molar-refractivity contribution is 0.108. The van der Waals surface area contributed by atoms with Crippen molar-refractivity contribution >= 4 is 125 Å². The van der Waals surface area contributed by atoms with E-state index in [1.54, 1.807) is 0 Å². The van der Waals surface area contributed by atoms with Crippen molar-refractivity contribution in [1.29, 1.82) is 0 Å². The predicted octanol–water partition coefficient (Wildman–Crippen LogP) is 6.92. The monoisotopic (exact) mass is 1040 g/mol. The minimum absolute atomic E-state index is 0.365. The molecule has 56 heavy (non-hydrogen) atoms. The van der Waals surface area contributed by atoms with Crippen LogP contribution in [0.1, 0.15) is 20.8 Å². The molecule has 0 unspecified atom stereocenters. The van der Waals surface area contributed by atoms with Crippen LogP contribution >= 0.6 is 0 Å². The van der Waals surface area contributed by atoms with E-state index < -0.39 is 95.1 Å². The Morgan fingerprint density at radius 3 is 0.714 bits per heavy atom. The maximum atomic E-state index is 6.81. The van der Waals surface area contributed by atoms with Crippen molar-refractivity contribution in [2.45, 2.75) is 152 Å². The lowest BCUT2D eigenvalue weighted by Gasteiger charge is -2.44. The highest BCUT2D eigenvalue weighted by Crippen LogP contribution is 2.31. The van der Waals surface area contributed by atoms with E-state index in [-0.39, 0.29) is 30.0 Å². The van der Waals surface area contributed by atoms with E-state index in [4.69, 9.17) is 66.8 Å². The predicted molar refractivity (Wildman–Crippen MR) is 247 cm³/mol. The van der Waals surface area contributed by atoms with Gasteiger partial charge in [-0.3, -0.25) is 0 Å². The van der Waals surface area contributed by atoms with Gasteiger partial charge in [0.15, 0.2) is 9.04 Å². The van der Waals surface area contributed by atoms with Crippen LogP contribution in [0.15, 0.2) is 0 Å². The van der Waals surface area contributed by atoms with Crippen LogP contribution in [0.4, 0.5) is 0 Å². The summed E-state index contributed by atoms with van der Waals surface area (Å²) < 4.78 is 101. The fourth-order valence-corrected chi connectivity index (χ4v) is 60.9. The minimum atomic E-state index is -3.82. The summed E-state index contributed by atoms with van der Waals surface area (Å²) in [6.45, 7) is 47.7. The second kappa shape index (κ2) is 23.9. The van der Waals surface area contributed by atoms with Crippen LogP contribution in [0.2, 0.25) is 131 Å². The fourth-order valence-electron chi connectivity index (χ4n) is 6.26. The molecule has 331 valence electrons. The third kappa shape index (κ3) is 27.5. The molecule has 0 aliphatic carbocycles. The van der Waals surface area contributed by atoms with E-state index >= 15 is 0 Å². The smallest absolute Gasteiger partial charge is 0.437 e. The number of hydrogen-bond donors (Lipinski definition) is 0. The average Bonchev–Trinajstić information content (AvgIpc) is 2.86. The summed E-state index contributed by atoms with van der Waals surface area (Å²) in [5, 5.41) is 0. The third-order valence-corrected chi connectivity index (χ3v) is 49.1. The van der Waals surface area contributed by atoms with Crippen molar-refractivity contribution in [1.82, 2.24) is 0 Å². The van der Waals surface area contributed by atoms with Gasteiger partial charge in [-0.25, -0.2) is 0 Å². The highest BCUT2D eigenvalue weighted by Gasteiger charge is 2.55. The van der Waals surface area contributed by atoms with Gasteiger partial charge in [0, 0.05) is 19.8 Å². The van der Waals surface area contributed by atoms with Crippen LogP contribution < -0.4 is 0 Å². The number of hydrogen-bond acceptors (Lipinski definition) is 16. The molecule has 7 radical (unpaired) electrons. The SMILES string of the molecule is CCO[Si]O[Si](O[Si]OCC)(O[Si]OCC)O[Si](C)(C)O[Si](C)(C)O[Si](C)(C)O[Si](C)(C)O[Si](C)(C)O[Si](C)(C)O[Si](C)(C)O[Si](C)(C)O[Si](C)(C)O[Si](C)C.